The third-order valence-corrected chi connectivity index (χ3v) is 4.60. The van der Waals surface area contributed by atoms with E-state index in [1.165, 1.54) is 5.56 Å². The third kappa shape index (κ3) is 4.60. The van der Waals surface area contributed by atoms with Gasteiger partial charge in [0.1, 0.15) is 5.75 Å². The fraction of sp³-hybridized carbons (Fsp3) is 0.211. The van der Waals surface area contributed by atoms with E-state index >= 15 is 0 Å². The van der Waals surface area contributed by atoms with Crippen LogP contribution in [0.25, 0.3) is 11.3 Å². The number of ether oxygens (including phenoxy) is 1. The monoisotopic (exact) mass is 419 g/mol. The predicted molar refractivity (Wildman–Crippen MR) is 97.8 cm³/mol. The number of methoxy groups -OCH3 is 1. The number of thiazole rings is 1. The van der Waals surface area contributed by atoms with Crippen LogP contribution in [0.1, 0.15) is 5.56 Å². The van der Waals surface area contributed by atoms with E-state index in [0.717, 1.165) is 27.5 Å². The Labute approximate surface area is 161 Å². The van der Waals surface area contributed by atoms with Crippen molar-refractivity contribution in [1.29, 1.82) is 0 Å². The van der Waals surface area contributed by atoms with Gasteiger partial charge in [-0.3, -0.25) is 0 Å². The number of aryl methyl sites for hydroxylation is 1. The van der Waals surface area contributed by atoms with Crippen molar-refractivity contribution in [3.05, 3.63) is 64.3 Å². The molecule has 0 aliphatic carbocycles. The van der Waals surface area contributed by atoms with Gasteiger partial charge in [-0.1, -0.05) is 12.1 Å². The van der Waals surface area contributed by atoms with Gasteiger partial charge in [0.15, 0.2) is 4.80 Å². The first-order valence-corrected chi connectivity index (χ1v) is 8.64. The highest BCUT2D eigenvalue weighted by Crippen LogP contribution is 2.23. The average Bonchev–Trinajstić information content (AvgIpc) is 2.98. The summed E-state index contributed by atoms with van der Waals surface area (Å²) in [5.41, 5.74) is 4.22. The SMILES string of the molecule is COc1ccc(-c2csc(=Nc3cccc(C)c3)n2CCO)cc1.[Br-]. The maximum Gasteiger partial charge on any atom is 0.190 e. The molecule has 1 heterocycles. The van der Waals surface area contributed by atoms with Crippen LogP contribution >= 0.6 is 11.3 Å². The fourth-order valence-corrected chi connectivity index (χ4v) is 3.49. The number of aliphatic hydroxyl groups is 1. The van der Waals surface area contributed by atoms with Crippen LogP contribution in [0.4, 0.5) is 5.69 Å². The minimum Gasteiger partial charge on any atom is -1.00 e. The second-order valence-corrected chi connectivity index (χ2v) is 6.29. The number of aromatic nitrogens is 1. The number of nitrogens with zero attached hydrogens (tertiary/aromatic N) is 2. The summed E-state index contributed by atoms with van der Waals surface area (Å²) in [6, 6.07) is 16.0. The highest BCUT2D eigenvalue weighted by atomic mass is 79.9. The molecule has 0 saturated heterocycles. The van der Waals surface area contributed by atoms with Crippen molar-refractivity contribution in [3.63, 3.8) is 0 Å². The molecule has 3 aromatic rings. The van der Waals surface area contributed by atoms with Gasteiger partial charge in [0, 0.05) is 11.9 Å². The van der Waals surface area contributed by atoms with Crippen LogP contribution < -0.4 is 26.5 Å². The van der Waals surface area contributed by atoms with Crippen molar-refractivity contribution in [2.75, 3.05) is 13.7 Å². The molecule has 25 heavy (non-hydrogen) atoms. The van der Waals surface area contributed by atoms with Crippen LogP contribution in [0.15, 0.2) is 58.9 Å². The second-order valence-electron chi connectivity index (χ2n) is 5.46. The first kappa shape index (κ1) is 19.4. The largest absolute Gasteiger partial charge is 1.00 e. The molecule has 6 heteroatoms. The number of hydrogen-bond donors (Lipinski definition) is 1. The van der Waals surface area contributed by atoms with Crippen LogP contribution in [0, 0.1) is 6.92 Å². The van der Waals surface area contributed by atoms with Crippen LogP contribution in [-0.4, -0.2) is 23.4 Å². The van der Waals surface area contributed by atoms with Crippen LogP contribution in [0.2, 0.25) is 0 Å². The van der Waals surface area contributed by atoms with Crippen molar-refractivity contribution in [2.45, 2.75) is 13.5 Å². The summed E-state index contributed by atoms with van der Waals surface area (Å²) in [5.74, 6) is 0.826. The number of rotatable bonds is 5. The number of aliphatic hydroxyl groups excluding tert-OH is 1. The van der Waals surface area contributed by atoms with E-state index in [-0.39, 0.29) is 23.6 Å². The van der Waals surface area contributed by atoms with Crippen molar-refractivity contribution < 1.29 is 26.8 Å². The number of benzene rings is 2. The van der Waals surface area contributed by atoms with Gasteiger partial charge in [-0.25, -0.2) is 4.99 Å². The van der Waals surface area contributed by atoms with Gasteiger partial charge in [0.05, 0.1) is 25.1 Å². The third-order valence-electron chi connectivity index (χ3n) is 3.73. The van der Waals surface area contributed by atoms with Gasteiger partial charge < -0.3 is 31.4 Å². The molecular formula is C19H20BrN2O2S-. The van der Waals surface area contributed by atoms with E-state index in [1.807, 2.05) is 36.4 Å². The van der Waals surface area contributed by atoms with E-state index < -0.39 is 0 Å². The van der Waals surface area contributed by atoms with Crippen molar-refractivity contribution in [1.82, 2.24) is 4.57 Å². The number of hydrogen-bond acceptors (Lipinski definition) is 4. The molecule has 132 valence electrons. The van der Waals surface area contributed by atoms with Crippen molar-refractivity contribution in [3.8, 4) is 17.0 Å². The molecular weight excluding hydrogens is 400 g/mol. The van der Waals surface area contributed by atoms with E-state index in [2.05, 4.69) is 29.0 Å². The molecule has 0 fully saturated rings. The van der Waals surface area contributed by atoms with Crippen molar-refractivity contribution in [2.24, 2.45) is 4.99 Å². The van der Waals surface area contributed by atoms with Crippen molar-refractivity contribution >= 4 is 17.0 Å². The quantitative estimate of drug-likeness (QED) is 0.663. The average molecular weight is 420 g/mol. The van der Waals surface area contributed by atoms with E-state index in [9.17, 15) is 5.11 Å². The Morgan fingerprint density at radius 3 is 2.56 bits per heavy atom. The normalized spacial score (nSPS) is 11.2. The zero-order valence-electron chi connectivity index (χ0n) is 14.1. The first-order chi connectivity index (χ1) is 11.7. The Morgan fingerprint density at radius 1 is 1.16 bits per heavy atom. The molecule has 1 aromatic heterocycles. The maximum absolute atomic E-state index is 9.45. The summed E-state index contributed by atoms with van der Waals surface area (Å²) in [6.07, 6.45) is 0. The van der Waals surface area contributed by atoms with E-state index in [0.29, 0.717) is 6.54 Å². The van der Waals surface area contributed by atoms with Gasteiger partial charge in [0.25, 0.3) is 0 Å². The zero-order chi connectivity index (χ0) is 16.9. The molecule has 0 aliphatic rings. The molecule has 1 N–H and O–H groups in total. The first-order valence-electron chi connectivity index (χ1n) is 7.76. The summed E-state index contributed by atoms with van der Waals surface area (Å²) in [6.45, 7) is 2.63. The minimum absolute atomic E-state index is 0. The molecule has 0 atom stereocenters. The fourth-order valence-electron chi connectivity index (χ4n) is 2.54. The van der Waals surface area contributed by atoms with Crippen LogP contribution in [0.3, 0.4) is 0 Å². The lowest BCUT2D eigenvalue weighted by Gasteiger charge is -2.08. The van der Waals surface area contributed by atoms with E-state index in [4.69, 9.17) is 9.73 Å². The van der Waals surface area contributed by atoms with Crippen LogP contribution in [0.5, 0.6) is 5.75 Å². The summed E-state index contributed by atoms with van der Waals surface area (Å²) in [7, 11) is 1.66. The Balaban J connectivity index is 0.00000225. The Hall–Kier alpha value is -1.89. The predicted octanol–water partition coefficient (Wildman–Crippen LogP) is 0.762. The molecule has 0 unspecified atom stereocenters. The van der Waals surface area contributed by atoms with Gasteiger partial charge in [-0.2, -0.15) is 0 Å². The van der Waals surface area contributed by atoms with Gasteiger partial charge in [-0.05, 0) is 54.4 Å². The molecule has 0 aliphatic heterocycles. The molecule has 0 amide bonds. The molecule has 0 bridgehead atoms. The topological polar surface area (TPSA) is 46.8 Å². The van der Waals surface area contributed by atoms with Gasteiger partial charge >= 0.3 is 0 Å². The Kier molecular flexibility index (Phi) is 6.99. The molecule has 3 rings (SSSR count). The standard InChI is InChI=1S/C19H20N2O2S.BrH/c1-14-4-3-5-16(12-14)20-19-21(10-11-22)18(13-24-19)15-6-8-17(23-2)9-7-15;/h3-9,12-13,22H,10-11H2,1-2H3;1H/p-1. The molecule has 0 saturated carbocycles. The summed E-state index contributed by atoms with van der Waals surface area (Å²) >= 11 is 1.58. The lowest BCUT2D eigenvalue weighted by atomic mass is 10.1. The minimum atomic E-state index is 0. The van der Waals surface area contributed by atoms with Crippen LogP contribution in [-0.2, 0) is 6.54 Å². The number of halogens is 1. The van der Waals surface area contributed by atoms with Gasteiger partial charge in [-0.15, -0.1) is 11.3 Å². The molecule has 0 spiro atoms. The lowest BCUT2D eigenvalue weighted by Crippen LogP contribution is -3.00. The highest BCUT2D eigenvalue weighted by molar-refractivity contribution is 7.07. The summed E-state index contributed by atoms with van der Waals surface area (Å²) in [5, 5.41) is 11.5. The molecule has 2 aromatic carbocycles. The Morgan fingerprint density at radius 2 is 1.92 bits per heavy atom. The highest BCUT2D eigenvalue weighted by Gasteiger charge is 2.08. The second kappa shape index (κ2) is 8.99. The lowest BCUT2D eigenvalue weighted by molar-refractivity contribution is -0.00000630. The Bertz CT molecular complexity index is 885. The zero-order valence-corrected chi connectivity index (χ0v) is 16.5. The molecule has 0 radical (unpaired) electrons. The molecule has 4 nitrogen and oxygen atoms in total. The summed E-state index contributed by atoms with van der Waals surface area (Å²) < 4.78 is 7.27. The smallest absolute Gasteiger partial charge is 0.190 e. The maximum atomic E-state index is 9.45. The van der Waals surface area contributed by atoms with Gasteiger partial charge in [0.2, 0.25) is 0 Å². The summed E-state index contributed by atoms with van der Waals surface area (Å²) in [4.78, 5) is 5.62. The van der Waals surface area contributed by atoms with E-state index in [1.54, 1.807) is 18.4 Å².